The molecule has 1 saturated heterocycles. The van der Waals surface area contributed by atoms with E-state index in [1.54, 1.807) is 12.1 Å². The zero-order valence-corrected chi connectivity index (χ0v) is 7.65. The number of benzene rings is 1. The van der Waals surface area contributed by atoms with Gasteiger partial charge in [-0.05, 0) is 12.0 Å². The highest BCUT2D eigenvalue weighted by molar-refractivity contribution is 5.70. The van der Waals surface area contributed by atoms with Gasteiger partial charge in [-0.2, -0.15) is 0 Å². The first-order valence-corrected chi connectivity index (χ1v) is 4.66. The minimum absolute atomic E-state index is 0.185. The van der Waals surface area contributed by atoms with E-state index in [1.165, 1.54) is 0 Å². The van der Waals surface area contributed by atoms with Crippen LogP contribution in [0.4, 0.5) is 4.39 Å². The highest BCUT2D eigenvalue weighted by Gasteiger charge is 2.31. The number of carbonyl (C=O) groups is 1. The largest absolute Gasteiger partial charge is 0.454 e. The topological polar surface area (TPSA) is 26.3 Å². The molecule has 74 valence electrons. The summed E-state index contributed by atoms with van der Waals surface area (Å²) in [6.45, 7) is 0. The molecule has 0 saturated carbocycles. The number of esters is 1. The van der Waals surface area contributed by atoms with Gasteiger partial charge in [0.05, 0.1) is 0 Å². The molecule has 0 N–H and O–H groups in total. The molecule has 0 spiro atoms. The zero-order valence-electron chi connectivity index (χ0n) is 7.65. The lowest BCUT2D eigenvalue weighted by Crippen LogP contribution is -2.27. The van der Waals surface area contributed by atoms with Gasteiger partial charge in [0.25, 0.3) is 0 Å². The van der Waals surface area contributed by atoms with Gasteiger partial charge in [0.2, 0.25) is 0 Å². The van der Waals surface area contributed by atoms with Gasteiger partial charge in [0, 0.05) is 6.42 Å². The molecule has 0 aromatic heterocycles. The molecule has 1 aliphatic heterocycles. The molecular formula is C11H11FO2. The van der Waals surface area contributed by atoms with Crippen molar-refractivity contribution in [2.45, 2.75) is 25.1 Å². The number of hydrogen-bond donors (Lipinski definition) is 0. The van der Waals surface area contributed by atoms with Gasteiger partial charge in [-0.25, -0.2) is 4.39 Å². The zero-order chi connectivity index (χ0) is 9.97. The van der Waals surface area contributed by atoms with E-state index in [0.29, 0.717) is 0 Å². The van der Waals surface area contributed by atoms with Crippen LogP contribution in [0.2, 0.25) is 0 Å². The second-order valence-electron chi connectivity index (χ2n) is 3.38. The predicted octanol–water partition coefficient (Wildman–Crippen LogP) is 2.40. The number of halogens is 1. The van der Waals surface area contributed by atoms with Crippen molar-refractivity contribution >= 4 is 5.97 Å². The summed E-state index contributed by atoms with van der Waals surface area (Å²) in [6.07, 6.45) is -1.34. The van der Waals surface area contributed by atoms with Crippen LogP contribution in [0.25, 0.3) is 0 Å². The fraction of sp³-hybridized carbons (Fsp3) is 0.364. The van der Waals surface area contributed by atoms with Crippen LogP contribution >= 0.6 is 0 Å². The van der Waals surface area contributed by atoms with E-state index in [2.05, 4.69) is 0 Å². The van der Waals surface area contributed by atoms with Crippen molar-refractivity contribution in [1.29, 1.82) is 0 Å². The van der Waals surface area contributed by atoms with Gasteiger partial charge in [-0.1, -0.05) is 30.3 Å². The van der Waals surface area contributed by atoms with E-state index in [4.69, 9.17) is 4.74 Å². The first kappa shape index (κ1) is 9.19. The SMILES string of the molecule is O=C1CC[C@@H](F)[C@H](c2ccccc2)O1. The van der Waals surface area contributed by atoms with Crippen LogP contribution in [0.5, 0.6) is 0 Å². The minimum Gasteiger partial charge on any atom is -0.454 e. The number of cyclic esters (lactones) is 1. The minimum atomic E-state index is -1.07. The molecule has 0 aliphatic carbocycles. The molecule has 2 atom stereocenters. The molecule has 1 aromatic carbocycles. The lowest BCUT2D eigenvalue weighted by molar-refractivity contribution is -0.160. The highest BCUT2D eigenvalue weighted by atomic mass is 19.1. The molecule has 0 radical (unpaired) electrons. The Labute approximate surface area is 81.7 Å². The highest BCUT2D eigenvalue weighted by Crippen LogP contribution is 2.30. The Hall–Kier alpha value is -1.38. The second kappa shape index (κ2) is 3.78. The van der Waals surface area contributed by atoms with E-state index in [0.717, 1.165) is 5.56 Å². The Kier molecular flexibility index (Phi) is 2.48. The van der Waals surface area contributed by atoms with Gasteiger partial charge >= 0.3 is 5.97 Å². The van der Waals surface area contributed by atoms with Crippen LogP contribution < -0.4 is 0 Å². The maximum atomic E-state index is 13.4. The summed E-state index contributed by atoms with van der Waals surface area (Å²) in [7, 11) is 0. The molecule has 1 aromatic rings. The number of carbonyl (C=O) groups excluding carboxylic acids is 1. The van der Waals surface area contributed by atoms with Gasteiger partial charge in [-0.3, -0.25) is 4.79 Å². The summed E-state index contributed by atoms with van der Waals surface area (Å²) in [5.74, 6) is -0.312. The summed E-state index contributed by atoms with van der Waals surface area (Å²) in [5, 5.41) is 0. The van der Waals surface area contributed by atoms with Gasteiger partial charge in [0.1, 0.15) is 6.17 Å². The molecule has 0 unspecified atom stereocenters. The number of rotatable bonds is 1. The van der Waals surface area contributed by atoms with Crippen molar-refractivity contribution in [2.75, 3.05) is 0 Å². The Morgan fingerprint density at radius 1 is 1.29 bits per heavy atom. The number of ether oxygens (including phenoxy) is 1. The van der Waals surface area contributed by atoms with Crippen molar-refractivity contribution < 1.29 is 13.9 Å². The number of alkyl halides is 1. The van der Waals surface area contributed by atoms with E-state index < -0.39 is 12.3 Å². The van der Waals surface area contributed by atoms with Gasteiger partial charge in [0.15, 0.2) is 6.10 Å². The van der Waals surface area contributed by atoms with Crippen molar-refractivity contribution in [3.05, 3.63) is 35.9 Å². The summed E-state index contributed by atoms with van der Waals surface area (Å²) in [6, 6.07) is 9.02. The number of hydrogen-bond acceptors (Lipinski definition) is 2. The van der Waals surface area contributed by atoms with Crippen LogP contribution in [0, 0.1) is 0 Å². The van der Waals surface area contributed by atoms with Gasteiger partial charge in [-0.15, -0.1) is 0 Å². The molecule has 14 heavy (non-hydrogen) atoms. The first-order valence-electron chi connectivity index (χ1n) is 4.66. The maximum absolute atomic E-state index is 13.4. The molecule has 1 heterocycles. The summed E-state index contributed by atoms with van der Waals surface area (Å²) in [5.41, 5.74) is 0.730. The Bertz CT molecular complexity index is 323. The molecular weight excluding hydrogens is 183 g/mol. The van der Waals surface area contributed by atoms with Gasteiger partial charge < -0.3 is 4.74 Å². The smallest absolute Gasteiger partial charge is 0.306 e. The van der Waals surface area contributed by atoms with Crippen LogP contribution in [0.3, 0.4) is 0 Å². The summed E-state index contributed by atoms with van der Waals surface area (Å²) < 4.78 is 18.4. The summed E-state index contributed by atoms with van der Waals surface area (Å²) >= 11 is 0. The Morgan fingerprint density at radius 2 is 2.00 bits per heavy atom. The van der Waals surface area contributed by atoms with Crippen molar-refractivity contribution in [3.63, 3.8) is 0 Å². The van der Waals surface area contributed by atoms with E-state index in [1.807, 2.05) is 18.2 Å². The molecule has 0 bridgehead atoms. The first-order chi connectivity index (χ1) is 6.77. The van der Waals surface area contributed by atoms with Crippen molar-refractivity contribution in [1.82, 2.24) is 0 Å². The normalized spacial score (nSPS) is 27.1. The molecule has 2 nitrogen and oxygen atoms in total. The van der Waals surface area contributed by atoms with E-state index in [9.17, 15) is 9.18 Å². The average Bonchev–Trinajstić information content (AvgIpc) is 2.23. The van der Waals surface area contributed by atoms with E-state index in [-0.39, 0.29) is 18.8 Å². The molecule has 0 amide bonds. The van der Waals surface area contributed by atoms with Crippen LogP contribution in [-0.2, 0) is 9.53 Å². The van der Waals surface area contributed by atoms with Crippen molar-refractivity contribution in [2.24, 2.45) is 0 Å². The lowest BCUT2D eigenvalue weighted by Gasteiger charge is -2.26. The van der Waals surface area contributed by atoms with Crippen LogP contribution in [0.1, 0.15) is 24.5 Å². The maximum Gasteiger partial charge on any atom is 0.306 e. The second-order valence-corrected chi connectivity index (χ2v) is 3.38. The fourth-order valence-electron chi connectivity index (χ4n) is 1.60. The monoisotopic (exact) mass is 194 g/mol. The third-order valence-electron chi connectivity index (χ3n) is 2.34. The lowest BCUT2D eigenvalue weighted by atomic mass is 9.99. The molecule has 1 fully saturated rings. The quantitative estimate of drug-likeness (QED) is 0.642. The summed E-state index contributed by atoms with van der Waals surface area (Å²) in [4.78, 5) is 11.0. The third kappa shape index (κ3) is 1.76. The van der Waals surface area contributed by atoms with Crippen molar-refractivity contribution in [3.8, 4) is 0 Å². The molecule has 1 aliphatic rings. The standard InChI is InChI=1S/C11H11FO2/c12-9-6-7-10(13)14-11(9)8-4-2-1-3-5-8/h1-5,9,11H,6-7H2/t9-,11+/m1/s1. The fourth-order valence-corrected chi connectivity index (χ4v) is 1.60. The Balaban J connectivity index is 2.20. The van der Waals surface area contributed by atoms with E-state index >= 15 is 0 Å². The molecule has 3 heteroatoms. The Morgan fingerprint density at radius 3 is 2.71 bits per heavy atom. The van der Waals surface area contributed by atoms with Crippen LogP contribution in [-0.4, -0.2) is 12.1 Å². The molecule has 2 rings (SSSR count). The third-order valence-corrected chi connectivity index (χ3v) is 2.34. The van der Waals surface area contributed by atoms with Crippen LogP contribution in [0.15, 0.2) is 30.3 Å². The average molecular weight is 194 g/mol. The predicted molar refractivity (Wildman–Crippen MR) is 49.4 cm³/mol.